The van der Waals surface area contributed by atoms with Gasteiger partial charge in [0, 0.05) is 44.6 Å². The molecule has 0 aliphatic rings. The summed E-state index contributed by atoms with van der Waals surface area (Å²) >= 11 is 0. The van der Waals surface area contributed by atoms with E-state index < -0.39 is 24.9 Å². The third kappa shape index (κ3) is 5.93. The summed E-state index contributed by atoms with van der Waals surface area (Å²) in [5, 5.41) is 13.3. The number of carbonyl (C=O) groups excluding carboxylic acids is 1. The number of pyridine rings is 1. The largest absolute Gasteiger partial charge is 0.494 e. The van der Waals surface area contributed by atoms with Gasteiger partial charge in [-0.25, -0.2) is 4.39 Å². The molecule has 0 radical (unpaired) electrons. The summed E-state index contributed by atoms with van der Waals surface area (Å²) in [4.78, 5) is 18.3. The lowest BCUT2D eigenvalue weighted by Gasteiger charge is -2.15. The van der Waals surface area contributed by atoms with Gasteiger partial charge in [-0.3, -0.25) is 9.78 Å². The highest BCUT2D eigenvalue weighted by Crippen LogP contribution is 2.34. The number of ketones is 1. The van der Waals surface area contributed by atoms with Crippen molar-refractivity contribution < 1.29 is 20.8 Å². The summed E-state index contributed by atoms with van der Waals surface area (Å²) < 4.78 is 58.9. The molecule has 0 spiro atoms. The predicted octanol–water partition coefficient (Wildman–Crippen LogP) is 4.93. The number of ether oxygens (including phenoxy) is 1. The SMILES string of the molecule is [2H]/C(=C\C(=O)Cc1cc2c(Nc3ccc(F)c(C)c3)c(C#N)cnc2cc1OC([2H])([2H])C)C([2H])([2H])N(C)C. The van der Waals surface area contributed by atoms with Crippen molar-refractivity contribution in [3.63, 3.8) is 0 Å². The Labute approximate surface area is 200 Å². The number of aromatic nitrogens is 1. The number of hydrogen-bond acceptors (Lipinski definition) is 6. The van der Waals surface area contributed by atoms with Crippen LogP contribution in [0.5, 0.6) is 5.75 Å². The molecule has 1 aromatic heterocycles. The van der Waals surface area contributed by atoms with Gasteiger partial charge in [0.15, 0.2) is 5.78 Å². The van der Waals surface area contributed by atoms with Crippen LogP contribution >= 0.6 is 0 Å². The molecule has 0 atom stereocenters. The van der Waals surface area contributed by atoms with Gasteiger partial charge in [-0.15, -0.1) is 0 Å². The Bertz CT molecular complexity index is 1460. The van der Waals surface area contributed by atoms with Crippen molar-refractivity contribution in [1.29, 1.82) is 5.26 Å². The van der Waals surface area contributed by atoms with Crippen LogP contribution < -0.4 is 10.1 Å². The third-order valence-corrected chi connectivity index (χ3v) is 4.70. The van der Waals surface area contributed by atoms with E-state index in [0.717, 1.165) is 6.08 Å². The number of aryl methyl sites for hydroxylation is 1. The van der Waals surface area contributed by atoms with Crippen molar-refractivity contribution in [2.45, 2.75) is 20.3 Å². The van der Waals surface area contributed by atoms with Crippen LogP contribution in [0.15, 0.2) is 48.7 Å². The molecule has 0 aliphatic heterocycles. The topological polar surface area (TPSA) is 78.2 Å². The van der Waals surface area contributed by atoms with Gasteiger partial charge in [0.1, 0.15) is 17.6 Å². The third-order valence-electron chi connectivity index (χ3n) is 4.70. The molecule has 0 unspecified atom stereocenters. The number of halogens is 1. The fourth-order valence-corrected chi connectivity index (χ4v) is 3.17. The molecule has 2 aromatic carbocycles. The molecule has 0 saturated carbocycles. The van der Waals surface area contributed by atoms with Crippen LogP contribution in [0.25, 0.3) is 10.9 Å². The zero-order valence-corrected chi connectivity index (χ0v) is 18.8. The van der Waals surface area contributed by atoms with E-state index in [2.05, 4.69) is 16.4 Å². The highest BCUT2D eigenvalue weighted by Gasteiger charge is 2.16. The molecule has 0 amide bonds. The lowest BCUT2D eigenvalue weighted by molar-refractivity contribution is -0.114. The Kier molecular flexibility index (Phi) is 5.76. The minimum atomic E-state index is -2.17. The van der Waals surface area contributed by atoms with Crippen LogP contribution in [0.2, 0.25) is 0 Å². The first kappa shape index (κ1) is 17.8. The van der Waals surface area contributed by atoms with Crippen molar-refractivity contribution in [3.05, 3.63) is 71.2 Å². The minimum absolute atomic E-state index is 0.0367. The van der Waals surface area contributed by atoms with Crippen molar-refractivity contribution in [1.82, 2.24) is 9.88 Å². The molecule has 0 saturated heterocycles. The number of anilines is 2. The van der Waals surface area contributed by atoms with Gasteiger partial charge >= 0.3 is 0 Å². The number of nitrogens with one attached hydrogen (secondary N) is 1. The van der Waals surface area contributed by atoms with Gasteiger partial charge in [0.05, 0.1) is 27.4 Å². The zero-order chi connectivity index (χ0) is 28.4. The van der Waals surface area contributed by atoms with Crippen LogP contribution in [-0.4, -0.2) is 42.8 Å². The molecule has 7 heteroatoms. The van der Waals surface area contributed by atoms with Gasteiger partial charge in [-0.2, -0.15) is 5.26 Å². The van der Waals surface area contributed by atoms with E-state index in [9.17, 15) is 14.4 Å². The van der Waals surface area contributed by atoms with Crippen molar-refractivity contribution in [2.24, 2.45) is 0 Å². The second-order valence-electron chi connectivity index (χ2n) is 7.47. The summed E-state index contributed by atoms with van der Waals surface area (Å²) in [6.07, 6.45) is 1.90. The molecule has 0 fully saturated rings. The molecule has 3 rings (SSSR count). The number of rotatable bonds is 9. The Hall–Kier alpha value is -3.76. The number of allylic oxidation sites excluding steroid dienone is 1. The maximum absolute atomic E-state index is 13.8. The summed E-state index contributed by atoms with van der Waals surface area (Å²) in [7, 11) is 2.89. The molecular formula is C26H27FN4O2. The predicted molar refractivity (Wildman–Crippen MR) is 128 cm³/mol. The van der Waals surface area contributed by atoms with E-state index in [1.165, 1.54) is 50.3 Å². The first-order valence-corrected chi connectivity index (χ1v) is 10.1. The Morgan fingerprint density at radius 1 is 1.39 bits per heavy atom. The quantitative estimate of drug-likeness (QED) is 0.465. The first-order valence-electron chi connectivity index (χ1n) is 12.6. The molecule has 1 heterocycles. The number of likely N-dealkylation sites (N-methyl/N-ethyl adjacent to an activating group) is 1. The molecule has 3 aromatic rings. The highest BCUT2D eigenvalue weighted by molar-refractivity contribution is 5.98. The smallest absolute Gasteiger partial charge is 0.159 e. The molecular weight excluding hydrogens is 419 g/mol. The number of benzene rings is 2. The maximum Gasteiger partial charge on any atom is 0.159 e. The first-order chi connectivity index (χ1) is 17.6. The average Bonchev–Trinajstić information content (AvgIpc) is 2.81. The second kappa shape index (κ2) is 10.7. The van der Waals surface area contributed by atoms with Crippen molar-refractivity contribution in [3.8, 4) is 11.8 Å². The fraction of sp³-hybridized carbons (Fsp3) is 0.269. The summed E-state index contributed by atoms with van der Waals surface area (Å²) in [5.41, 5.74) is 2.05. The van der Waals surface area contributed by atoms with E-state index in [-0.39, 0.29) is 29.1 Å². The molecule has 6 nitrogen and oxygen atoms in total. The van der Waals surface area contributed by atoms with Crippen molar-refractivity contribution >= 4 is 28.1 Å². The number of nitrogens with zero attached hydrogens (tertiary/aromatic N) is 3. The van der Waals surface area contributed by atoms with E-state index in [0.29, 0.717) is 27.8 Å². The normalized spacial score (nSPS) is 14.6. The van der Waals surface area contributed by atoms with E-state index in [1.807, 2.05) is 0 Å². The number of fused-ring (bicyclic) bond motifs is 1. The Morgan fingerprint density at radius 2 is 2.18 bits per heavy atom. The average molecular weight is 452 g/mol. The zero-order valence-electron chi connectivity index (χ0n) is 23.8. The lowest BCUT2D eigenvalue weighted by Crippen LogP contribution is -2.11. The van der Waals surface area contributed by atoms with E-state index >= 15 is 0 Å². The lowest BCUT2D eigenvalue weighted by atomic mass is 10.0. The van der Waals surface area contributed by atoms with E-state index in [1.54, 1.807) is 19.1 Å². The van der Waals surface area contributed by atoms with Gasteiger partial charge < -0.3 is 15.0 Å². The number of hydrogen-bond donors (Lipinski definition) is 1. The van der Waals surface area contributed by atoms with Crippen LogP contribution in [0.1, 0.15) is 30.5 Å². The number of carbonyl (C=O) groups is 1. The van der Waals surface area contributed by atoms with Crippen LogP contribution in [0.3, 0.4) is 0 Å². The van der Waals surface area contributed by atoms with E-state index in [4.69, 9.17) is 11.6 Å². The van der Waals surface area contributed by atoms with Gasteiger partial charge in [-0.05, 0) is 63.8 Å². The van der Waals surface area contributed by atoms with Crippen LogP contribution in [0.4, 0.5) is 15.8 Å². The van der Waals surface area contributed by atoms with Crippen LogP contribution in [-0.2, 0) is 11.2 Å². The molecule has 0 aliphatic carbocycles. The summed E-state index contributed by atoms with van der Waals surface area (Å²) in [6, 6.07) is 8.91. The maximum atomic E-state index is 13.8. The molecule has 0 bridgehead atoms. The molecule has 33 heavy (non-hydrogen) atoms. The standard InChI is InChI=1S/C26H27FN4O2/c1-5-33-25-14-24-22(13-18(25)12-21(32)7-6-10-31(3)4)26(19(15-28)16-29-24)30-20-8-9-23(27)17(2)11-20/h6-9,11,13-14,16H,5,10,12H2,1-4H3,(H,29,30)/b7-6+/i5D2,6D,10D2. The van der Waals surface area contributed by atoms with Crippen molar-refractivity contribution in [2.75, 3.05) is 32.5 Å². The minimum Gasteiger partial charge on any atom is -0.494 e. The summed E-state index contributed by atoms with van der Waals surface area (Å²) in [5.74, 6) is -0.947. The monoisotopic (exact) mass is 451 g/mol. The highest BCUT2D eigenvalue weighted by atomic mass is 19.1. The molecule has 170 valence electrons. The summed E-state index contributed by atoms with van der Waals surface area (Å²) in [6.45, 7) is -1.46. The van der Waals surface area contributed by atoms with Gasteiger partial charge in [0.2, 0.25) is 0 Å². The Balaban J connectivity index is 2.15. The Morgan fingerprint density at radius 3 is 2.85 bits per heavy atom. The molecule has 1 N–H and O–H groups in total. The van der Waals surface area contributed by atoms with Crippen LogP contribution in [0, 0.1) is 24.1 Å². The fourth-order valence-electron chi connectivity index (χ4n) is 3.17. The van der Waals surface area contributed by atoms with Gasteiger partial charge in [0.25, 0.3) is 0 Å². The second-order valence-corrected chi connectivity index (χ2v) is 7.47. The van der Waals surface area contributed by atoms with Gasteiger partial charge in [-0.1, -0.05) is 6.05 Å². The number of nitriles is 1.